The molecule has 6 rings (SSSR count). The highest BCUT2D eigenvalue weighted by Crippen LogP contribution is 2.39. The smallest absolute Gasteiger partial charge is 0.407 e. The predicted octanol–water partition coefficient (Wildman–Crippen LogP) is 6.71. The maximum Gasteiger partial charge on any atom is 0.407 e. The Balaban J connectivity index is 1.32. The highest BCUT2D eigenvalue weighted by Gasteiger charge is 2.44. The monoisotopic (exact) mass is 801 g/mol. The molecule has 2 heterocycles. The molecule has 4 aromatic rings. The zero-order chi connectivity index (χ0) is 40.2. The number of methoxy groups -OCH3 is 2. The van der Waals surface area contributed by atoms with Gasteiger partial charge in [-0.05, 0) is 66.3 Å². The Hall–Kier alpha value is -4.50. The zero-order valence-electron chi connectivity index (χ0n) is 33.1. The van der Waals surface area contributed by atoms with E-state index in [0.29, 0.717) is 39.5 Å². The number of ether oxygens (including phenoxy) is 5. The molecule has 3 atom stereocenters. The van der Waals surface area contributed by atoms with Crippen LogP contribution >= 0.6 is 0 Å². The number of sulfonamides is 1. The molecule has 1 N–H and O–H groups in total. The van der Waals surface area contributed by atoms with E-state index in [0.717, 1.165) is 58.8 Å². The van der Waals surface area contributed by atoms with E-state index < -0.39 is 28.3 Å². The highest BCUT2D eigenvalue weighted by molar-refractivity contribution is 7.89. The lowest BCUT2D eigenvalue weighted by atomic mass is 9.83. The molecular formula is C44H55N3O9S. The van der Waals surface area contributed by atoms with Crippen LogP contribution in [0.3, 0.4) is 0 Å². The molecule has 1 saturated heterocycles. The van der Waals surface area contributed by atoms with Crippen LogP contribution in [0.2, 0.25) is 0 Å². The molecule has 1 fully saturated rings. The molecule has 57 heavy (non-hydrogen) atoms. The number of aryl methyl sites for hydroxylation is 1. The Morgan fingerprint density at radius 1 is 0.877 bits per heavy atom. The van der Waals surface area contributed by atoms with Crippen molar-refractivity contribution in [3.05, 3.63) is 125 Å². The second kappa shape index (κ2) is 20.3. The van der Waals surface area contributed by atoms with Crippen LogP contribution in [0.25, 0.3) is 0 Å². The van der Waals surface area contributed by atoms with Gasteiger partial charge in [-0.15, -0.1) is 0 Å². The molecule has 1 amide bonds. The molecule has 0 aromatic heterocycles. The average Bonchev–Trinajstić information content (AvgIpc) is 3.22. The van der Waals surface area contributed by atoms with E-state index in [1.54, 1.807) is 38.5 Å². The van der Waals surface area contributed by atoms with Crippen LogP contribution < -0.4 is 9.64 Å². The summed E-state index contributed by atoms with van der Waals surface area (Å²) in [7, 11) is -0.731. The van der Waals surface area contributed by atoms with Gasteiger partial charge in [-0.2, -0.15) is 4.31 Å². The van der Waals surface area contributed by atoms with Crippen molar-refractivity contribution in [3.63, 3.8) is 0 Å². The summed E-state index contributed by atoms with van der Waals surface area (Å²) in [4.78, 5) is 16.5. The van der Waals surface area contributed by atoms with Crippen LogP contribution in [-0.4, -0.2) is 108 Å². The van der Waals surface area contributed by atoms with Crippen molar-refractivity contribution in [2.45, 2.75) is 62.5 Å². The number of hydrogen-bond acceptors (Lipinski definition) is 9. The van der Waals surface area contributed by atoms with E-state index >= 15 is 0 Å². The van der Waals surface area contributed by atoms with Crippen molar-refractivity contribution in [1.29, 1.82) is 0 Å². The third-order valence-electron chi connectivity index (χ3n) is 10.6. The number of rotatable bonds is 19. The van der Waals surface area contributed by atoms with Gasteiger partial charge in [0.1, 0.15) is 12.4 Å². The normalized spacial score (nSPS) is 18.5. The lowest BCUT2D eigenvalue weighted by Gasteiger charge is -2.44. The van der Waals surface area contributed by atoms with Crippen LogP contribution in [0.1, 0.15) is 46.6 Å². The molecule has 0 bridgehead atoms. The maximum atomic E-state index is 14.6. The Bertz CT molecular complexity index is 1980. The summed E-state index contributed by atoms with van der Waals surface area (Å²) in [6.07, 6.45) is -0.450. The first-order valence-electron chi connectivity index (χ1n) is 19.5. The minimum atomic E-state index is -4.07. The van der Waals surface area contributed by atoms with Crippen LogP contribution in [0, 0.1) is 6.92 Å². The van der Waals surface area contributed by atoms with Crippen molar-refractivity contribution in [2.24, 2.45) is 0 Å². The largest absolute Gasteiger partial charge is 0.490 e. The molecule has 0 aliphatic carbocycles. The maximum absolute atomic E-state index is 14.6. The van der Waals surface area contributed by atoms with Gasteiger partial charge in [-0.1, -0.05) is 78.4 Å². The van der Waals surface area contributed by atoms with E-state index in [4.69, 9.17) is 23.7 Å². The van der Waals surface area contributed by atoms with Gasteiger partial charge < -0.3 is 38.6 Å². The molecule has 12 nitrogen and oxygen atoms in total. The summed E-state index contributed by atoms with van der Waals surface area (Å²) >= 11 is 0. The van der Waals surface area contributed by atoms with Crippen LogP contribution in [0.4, 0.5) is 10.5 Å². The number of nitrogens with zero attached hydrogens (tertiary/aromatic N) is 3. The first kappa shape index (κ1) is 42.1. The van der Waals surface area contributed by atoms with Gasteiger partial charge >= 0.3 is 6.09 Å². The number of carboxylic acid groups (broad SMARTS) is 1. The number of hydrogen-bond donors (Lipinski definition) is 1. The van der Waals surface area contributed by atoms with Crippen molar-refractivity contribution < 1.29 is 42.0 Å². The van der Waals surface area contributed by atoms with Crippen molar-refractivity contribution in [1.82, 2.24) is 9.21 Å². The quantitative estimate of drug-likeness (QED) is 0.102. The SMILES string of the molecule is COCCCN1CCOc2ccc(CO[C@H]3CN(S(=O)(=O)c4ccc(C)cc4)[C@@H](CN(Cc4ccccc4)C(=O)O)C[C@@H]3c3ccc(COCCOC)cc3)cc21. The molecule has 2 aliphatic heterocycles. The summed E-state index contributed by atoms with van der Waals surface area (Å²) in [5.41, 5.74) is 5.66. The number of carbonyl (C=O) groups is 1. The summed E-state index contributed by atoms with van der Waals surface area (Å²) in [5, 5.41) is 10.4. The highest BCUT2D eigenvalue weighted by atomic mass is 32.2. The zero-order valence-corrected chi connectivity index (χ0v) is 33.9. The summed E-state index contributed by atoms with van der Waals surface area (Å²) < 4.78 is 59.7. The third-order valence-corrected chi connectivity index (χ3v) is 12.6. The predicted molar refractivity (Wildman–Crippen MR) is 218 cm³/mol. The fraction of sp³-hybridized carbons (Fsp3) is 0.432. The number of piperidine rings is 1. The van der Waals surface area contributed by atoms with Gasteiger partial charge in [0, 0.05) is 59.0 Å². The Kier molecular flexibility index (Phi) is 15.0. The molecule has 13 heteroatoms. The lowest BCUT2D eigenvalue weighted by Crippen LogP contribution is -2.56. The second-order valence-corrected chi connectivity index (χ2v) is 16.5. The molecule has 0 radical (unpaired) electrons. The van der Waals surface area contributed by atoms with Gasteiger partial charge in [0.25, 0.3) is 0 Å². The van der Waals surface area contributed by atoms with Gasteiger partial charge in [0.15, 0.2) is 0 Å². The Labute approximate surface area is 336 Å². The third kappa shape index (κ3) is 11.1. The summed E-state index contributed by atoms with van der Waals surface area (Å²) in [6.45, 7) is 6.56. The van der Waals surface area contributed by atoms with Gasteiger partial charge in [-0.25, -0.2) is 13.2 Å². The average molecular weight is 802 g/mol. The van der Waals surface area contributed by atoms with Crippen LogP contribution in [0.15, 0.2) is 102 Å². The molecule has 0 saturated carbocycles. The fourth-order valence-corrected chi connectivity index (χ4v) is 9.19. The van der Waals surface area contributed by atoms with Gasteiger partial charge in [-0.3, -0.25) is 0 Å². The minimum Gasteiger partial charge on any atom is -0.490 e. The van der Waals surface area contributed by atoms with Crippen molar-refractivity contribution in [3.8, 4) is 5.75 Å². The topological polar surface area (TPSA) is 127 Å². The number of anilines is 1. The molecule has 0 unspecified atom stereocenters. The number of benzene rings is 4. The van der Waals surface area contributed by atoms with Gasteiger partial charge in [0.2, 0.25) is 10.0 Å². The summed E-state index contributed by atoms with van der Waals surface area (Å²) in [5.74, 6) is 0.572. The number of amides is 1. The molecule has 0 spiro atoms. The standard InChI is InChI=1S/C44H55N3O9S/c1-33-10-17-39(18-11-33)57(50,51)47-30-43(56-32-36-14-19-42-41(26-36)45(21-23-55-42)20-7-22-52-2)40(37-15-12-35(13-16-37)31-54-25-24-53-3)27-38(47)29-46(44(48)49)28-34-8-5-4-6-9-34/h4-6,8-19,26,38,40,43H,7,20-25,27-32H2,1-3H3,(H,48,49)/t38-,40-,43+/m1/s1. The van der Waals surface area contributed by atoms with Gasteiger partial charge in [0.05, 0.1) is 49.7 Å². The van der Waals surface area contributed by atoms with Crippen LogP contribution in [-0.2, 0) is 48.7 Å². The fourth-order valence-electron chi connectivity index (χ4n) is 7.55. The first-order chi connectivity index (χ1) is 27.7. The summed E-state index contributed by atoms with van der Waals surface area (Å²) in [6, 6.07) is 29.6. The number of fused-ring (bicyclic) bond motifs is 1. The molecular weight excluding hydrogens is 747 g/mol. The Morgan fingerprint density at radius 3 is 2.33 bits per heavy atom. The molecule has 4 aromatic carbocycles. The van der Waals surface area contributed by atoms with Crippen molar-refractivity contribution >= 4 is 21.8 Å². The van der Waals surface area contributed by atoms with E-state index in [2.05, 4.69) is 11.0 Å². The van der Waals surface area contributed by atoms with Crippen molar-refractivity contribution in [2.75, 3.05) is 71.7 Å². The minimum absolute atomic E-state index is 0.0201. The molecule has 306 valence electrons. The van der Waals surface area contributed by atoms with E-state index in [1.807, 2.05) is 73.7 Å². The molecule has 2 aliphatic rings. The first-order valence-corrected chi connectivity index (χ1v) is 21.0. The van der Waals surface area contributed by atoms with Crippen LogP contribution in [0.5, 0.6) is 5.75 Å². The Morgan fingerprint density at radius 2 is 1.61 bits per heavy atom. The second-order valence-electron chi connectivity index (χ2n) is 14.7. The lowest BCUT2D eigenvalue weighted by molar-refractivity contribution is -0.0236. The van der Waals surface area contributed by atoms with E-state index in [9.17, 15) is 18.3 Å². The van der Waals surface area contributed by atoms with E-state index in [-0.39, 0.29) is 37.1 Å². The van der Waals surface area contributed by atoms with E-state index in [1.165, 1.54) is 9.21 Å².